The number of carboxylic acid groups (broad SMARTS) is 1. The first-order chi connectivity index (χ1) is 33.9. The number of anilines is 3. The number of carbonyl (C=O) groups excluding carboxylic acids is 2. The van der Waals surface area contributed by atoms with Gasteiger partial charge in [0.25, 0.3) is 0 Å². The number of aromatic nitrogens is 9. The van der Waals surface area contributed by atoms with E-state index in [1.54, 1.807) is 51.1 Å². The van der Waals surface area contributed by atoms with Crippen molar-refractivity contribution in [2.45, 2.75) is 63.7 Å². The second-order valence-corrected chi connectivity index (χ2v) is 17.1. The number of ether oxygens (including phenoxy) is 3. The molecule has 388 valence electrons. The molecule has 5 atom stereocenters. The van der Waals surface area contributed by atoms with E-state index < -0.39 is 30.1 Å². The second kappa shape index (κ2) is 27.9. The normalized spacial score (nSPS) is 16.1. The van der Waals surface area contributed by atoms with Crippen molar-refractivity contribution in [1.82, 2.24) is 54.7 Å². The van der Waals surface area contributed by atoms with E-state index >= 15 is 0 Å². The fourth-order valence-corrected chi connectivity index (χ4v) is 7.94. The van der Waals surface area contributed by atoms with Crippen LogP contribution < -0.4 is 26.6 Å². The lowest BCUT2D eigenvalue weighted by Crippen LogP contribution is -2.52. The van der Waals surface area contributed by atoms with E-state index in [1.807, 2.05) is 23.6 Å². The van der Waals surface area contributed by atoms with Crippen LogP contribution in [0.4, 0.5) is 17.8 Å². The molecule has 0 saturated carbocycles. The quantitative estimate of drug-likeness (QED) is 0.0343. The number of aliphatic hydroxyl groups excluding tert-OH is 1. The molecule has 2 aliphatic rings. The molecule has 25 nitrogen and oxygen atoms in total. The number of phenolic OH excluding ortho intramolecular Hbond substituents is 1. The molecule has 2 amide bonds. The number of amides is 2. The predicted molar refractivity (Wildman–Crippen MR) is 262 cm³/mol. The van der Waals surface area contributed by atoms with Crippen molar-refractivity contribution >= 4 is 48.0 Å². The van der Waals surface area contributed by atoms with Gasteiger partial charge in [0.1, 0.15) is 30.1 Å². The molecule has 0 bridgehead atoms. The molecule has 6 rings (SSSR count). The number of nitrogens with one attached hydrogen (secondary N) is 1. The van der Waals surface area contributed by atoms with Gasteiger partial charge in [0, 0.05) is 65.3 Å². The number of carbonyl (C=O) groups is 3. The van der Waals surface area contributed by atoms with Gasteiger partial charge in [0.15, 0.2) is 0 Å². The molecule has 8 N–H and O–H groups in total. The summed E-state index contributed by atoms with van der Waals surface area (Å²) >= 11 is 0. The number of phenols is 1. The summed E-state index contributed by atoms with van der Waals surface area (Å²) in [5, 5.41) is 48.9. The van der Waals surface area contributed by atoms with E-state index in [2.05, 4.69) is 31.9 Å². The summed E-state index contributed by atoms with van der Waals surface area (Å²) in [6.45, 7) is 9.16. The molecule has 4 aromatic rings. The van der Waals surface area contributed by atoms with Crippen LogP contribution in [0.2, 0.25) is 0 Å². The Hall–Kier alpha value is -6.27. The highest BCUT2D eigenvalue weighted by atomic mass is 35.5. The number of piperazine rings is 2. The summed E-state index contributed by atoms with van der Waals surface area (Å²) in [7, 11) is 0. The zero-order valence-electron chi connectivity index (χ0n) is 40.2. The fourth-order valence-electron chi connectivity index (χ4n) is 7.94. The zero-order chi connectivity index (χ0) is 50.0. The van der Waals surface area contributed by atoms with Gasteiger partial charge in [-0.25, -0.2) is 9.36 Å². The SMILES string of the molecule is C#CCOCCOCCOCCNc1nc(N2CCN(C(=O)C([C@@H](C)CC)n3cc(C(N)CO)nn3)CC2)nc(N2CCN(C(=O)[C@H](CCC(=O)O)n3cc(C(N)Cc4ccc(O)cc4)nn3)CC2)n1.Cl. The lowest BCUT2D eigenvalue weighted by molar-refractivity contribution is -0.139. The maximum absolute atomic E-state index is 14.2. The number of rotatable bonds is 27. The minimum absolute atomic E-state index is 0. The number of benzene rings is 1. The number of halogens is 1. The Morgan fingerprint density at radius 3 is 1.92 bits per heavy atom. The van der Waals surface area contributed by atoms with Crippen molar-refractivity contribution in [2.24, 2.45) is 17.4 Å². The first-order valence-electron chi connectivity index (χ1n) is 23.6. The summed E-state index contributed by atoms with van der Waals surface area (Å²) in [5.41, 5.74) is 14.2. The number of hydrogen-bond acceptors (Lipinski definition) is 20. The van der Waals surface area contributed by atoms with Gasteiger partial charge < -0.3 is 65.9 Å². The van der Waals surface area contributed by atoms with Crippen molar-refractivity contribution in [2.75, 3.05) is 120 Å². The topological polar surface area (TPSA) is 317 Å². The van der Waals surface area contributed by atoms with Gasteiger partial charge in [-0.3, -0.25) is 14.4 Å². The van der Waals surface area contributed by atoms with E-state index in [0.29, 0.717) is 115 Å². The van der Waals surface area contributed by atoms with Crippen molar-refractivity contribution in [3.8, 4) is 18.1 Å². The first kappa shape index (κ1) is 55.7. The lowest BCUT2D eigenvalue weighted by atomic mass is 9.97. The third kappa shape index (κ3) is 15.9. The second-order valence-electron chi connectivity index (χ2n) is 17.1. The molecular weight excluding hydrogens is 944 g/mol. The van der Waals surface area contributed by atoms with Crippen LogP contribution in [0.5, 0.6) is 5.75 Å². The van der Waals surface area contributed by atoms with E-state index in [0.717, 1.165) is 12.0 Å². The molecule has 0 spiro atoms. The Kier molecular flexibility index (Phi) is 21.9. The fraction of sp³-hybridized carbons (Fsp3) is 0.600. The molecule has 71 heavy (non-hydrogen) atoms. The zero-order valence-corrected chi connectivity index (χ0v) is 41.1. The minimum Gasteiger partial charge on any atom is -0.508 e. The Morgan fingerprint density at radius 2 is 1.34 bits per heavy atom. The monoisotopic (exact) mass is 1010 g/mol. The van der Waals surface area contributed by atoms with E-state index in [1.165, 1.54) is 4.68 Å². The molecule has 0 radical (unpaired) electrons. The number of aromatic hydroxyl groups is 1. The van der Waals surface area contributed by atoms with Crippen molar-refractivity contribution in [1.29, 1.82) is 0 Å². The van der Waals surface area contributed by atoms with Crippen LogP contribution in [-0.4, -0.2) is 193 Å². The maximum Gasteiger partial charge on any atom is 0.303 e. The number of carboxylic acids is 1. The van der Waals surface area contributed by atoms with Gasteiger partial charge in [-0.05, 0) is 36.5 Å². The number of hydrogen-bond donors (Lipinski definition) is 6. The number of nitrogens with zero attached hydrogens (tertiary/aromatic N) is 13. The molecule has 5 heterocycles. The highest BCUT2D eigenvalue weighted by molar-refractivity contribution is 5.85. The summed E-state index contributed by atoms with van der Waals surface area (Å²) in [4.78, 5) is 61.9. The molecule has 3 aromatic heterocycles. The van der Waals surface area contributed by atoms with Gasteiger partial charge >= 0.3 is 5.97 Å². The number of nitrogens with two attached hydrogens (primary N) is 2. The molecule has 0 aliphatic carbocycles. The third-order valence-corrected chi connectivity index (χ3v) is 12.2. The summed E-state index contributed by atoms with van der Waals surface area (Å²) in [5.74, 6) is 2.17. The molecule has 1 aromatic carbocycles. The Bertz CT molecular complexity index is 2320. The van der Waals surface area contributed by atoms with E-state index in [9.17, 15) is 29.7 Å². The first-order valence-corrected chi connectivity index (χ1v) is 23.6. The summed E-state index contributed by atoms with van der Waals surface area (Å²) in [6.07, 6.45) is 9.27. The molecule has 2 fully saturated rings. The summed E-state index contributed by atoms with van der Waals surface area (Å²) < 4.78 is 19.4. The minimum atomic E-state index is -1.05. The largest absolute Gasteiger partial charge is 0.508 e. The maximum atomic E-state index is 14.2. The van der Waals surface area contributed by atoms with Crippen LogP contribution in [0, 0.1) is 18.3 Å². The van der Waals surface area contributed by atoms with Crippen LogP contribution in [0.15, 0.2) is 36.7 Å². The number of aliphatic hydroxyl groups is 1. The number of terminal acetylenes is 1. The summed E-state index contributed by atoms with van der Waals surface area (Å²) in [6, 6.07) is 3.85. The van der Waals surface area contributed by atoms with Gasteiger partial charge in [-0.2, -0.15) is 15.0 Å². The molecule has 3 unspecified atom stereocenters. The molecular formula is C45H67ClN16O9. The Labute approximate surface area is 418 Å². The standard InChI is InChI=1S/C45H66N16O9.ClH/c1-4-21-68-23-25-70-26-24-69-22-12-48-43-49-44(51-45(50-43)59-19-15-57(16-20-59)42(67)40(31(3)5-2)61-29-37(53-55-61)35(47)30-62)58-17-13-56(14-18-58)41(66)38(10-11-39(64)65)60-28-36(52-54-60)34(46)27-32-6-8-33(63)9-7-32;/h1,6-9,28-29,31,34-35,38,40,62-63H,5,10-27,30,46-47H2,2-3H3,(H,64,65)(H,48,49,50,51);1H/t31-,34?,35?,38-,40?;/m0./s1. The highest BCUT2D eigenvalue weighted by Gasteiger charge is 2.35. The number of aliphatic carboxylic acids is 1. The van der Waals surface area contributed by atoms with E-state index in [4.69, 9.17) is 47.1 Å². The highest BCUT2D eigenvalue weighted by Crippen LogP contribution is 2.27. The van der Waals surface area contributed by atoms with Crippen LogP contribution >= 0.6 is 12.4 Å². The van der Waals surface area contributed by atoms with Gasteiger partial charge in [-0.15, -0.1) is 29.0 Å². The molecule has 2 saturated heterocycles. The smallest absolute Gasteiger partial charge is 0.303 e. The van der Waals surface area contributed by atoms with Gasteiger partial charge in [-0.1, -0.05) is 48.7 Å². The molecule has 2 aliphatic heterocycles. The molecule has 26 heteroatoms. The van der Waals surface area contributed by atoms with Crippen LogP contribution in [0.1, 0.15) is 74.2 Å². The van der Waals surface area contributed by atoms with Crippen molar-refractivity contribution < 1.29 is 43.9 Å². The van der Waals surface area contributed by atoms with Crippen LogP contribution in [0.3, 0.4) is 0 Å². The average molecular weight is 1010 g/mol. The van der Waals surface area contributed by atoms with Crippen LogP contribution in [0.25, 0.3) is 0 Å². The van der Waals surface area contributed by atoms with Crippen molar-refractivity contribution in [3.63, 3.8) is 0 Å². The van der Waals surface area contributed by atoms with Crippen molar-refractivity contribution in [3.05, 3.63) is 53.6 Å². The lowest BCUT2D eigenvalue weighted by Gasteiger charge is -2.38. The van der Waals surface area contributed by atoms with E-state index in [-0.39, 0.29) is 75.0 Å². The average Bonchev–Trinajstić information content (AvgIpc) is 4.07. The Balaban J connectivity index is 0.00000937. The third-order valence-electron chi connectivity index (χ3n) is 12.2. The van der Waals surface area contributed by atoms with Gasteiger partial charge in [0.2, 0.25) is 29.7 Å². The predicted octanol–water partition coefficient (Wildman–Crippen LogP) is 0.202. The Morgan fingerprint density at radius 1 is 0.789 bits per heavy atom. The van der Waals surface area contributed by atoms with Crippen LogP contribution in [-0.2, 0) is 35.0 Å². The van der Waals surface area contributed by atoms with Gasteiger partial charge in [0.05, 0.1) is 69.8 Å².